The summed E-state index contributed by atoms with van der Waals surface area (Å²) >= 11 is 0. The maximum Gasteiger partial charge on any atom is 0.157 e. The molecule has 0 saturated carbocycles. The molecule has 0 saturated heterocycles. The zero-order chi connectivity index (χ0) is 20.2. The van der Waals surface area contributed by atoms with E-state index in [1.54, 1.807) is 0 Å². The van der Waals surface area contributed by atoms with Crippen molar-refractivity contribution < 1.29 is 9.47 Å². The van der Waals surface area contributed by atoms with E-state index in [0.29, 0.717) is 5.41 Å². The number of ether oxygens (including phenoxy) is 2. The van der Waals surface area contributed by atoms with Crippen molar-refractivity contribution in [3.8, 4) is 0 Å². The average molecular weight is 385 g/mol. The summed E-state index contributed by atoms with van der Waals surface area (Å²) in [6.45, 7) is 13.3. The van der Waals surface area contributed by atoms with Crippen LogP contribution in [-0.4, -0.2) is 19.5 Å². The van der Waals surface area contributed by atoms with Crippen LogP contribution in [-0.2, 0) is 9.47 Å². The molecule has 0 heterocycles. The second-order valence-corrected chi connectivity index (χ2v) is 9.51. The fraction of sp³-hybridized carbons (Fsp3) is 1.00. The van der Waals surface area contributed by atoms with Crippen molar-refractivity contribution in [3.63, 3.8) is 0 Å². The first-order valence-electron chi connectivity index (χ1n) is 12.2. The van der Waals surface area contributed by atoms with Crippen LogP contribution in [0.5, 0.6) is 0 Å². The van der Waals surface area contributed by atoms with Crippen molar-refractivity contribution >= 4 is 0 Å². The predicted molar refractivity (Wildman–Crippen MR) is 120 cm³/mol. The quantitative estimate of drug-likeness (QED) is 0.154. The van der Waals surface area contributed by atoms with Crippen LogP contribution in [0.3, 0.4) is 0 Å². The maximum absolute atomic E-state index is 6.10. The molecular weight excluding hydrogens is 332 g/mol. The molecule has 164 valence electrons. The van der Waals surface area contributed by atoms with Crippen molar-refractivity contribution in [3.05, 3.63) is 0 Å². The lowest BCUT2D eigenvalue weighted by molar-refractivity contribution is -0.148. The van der Waals surface area contributed by atoms with Crippen molar-refractivity contribution in [2.75, 3.05) is 13.2 Å². The Labute approximate surface area is 172 Å². The summed E-state index contributed by atoms with van der Waals surface area (Å²) in [6.07, 6.45) is 20.7. The Bertz CT molecular complexity index is 265. The summed E-state index contributed by atoms with van der Waals surface area (Å²) in [6, 6.07) is 0. The zero-order valence-electron chi connectivity index (χ0n) is 19.6. The highest BCUT2D eigenvalue weighted by Crippen LogP contribution is 2.23. The minimum absolute atomic E-state index is 0.0243. The van der Waals surface area contributed by atoms with Crippen LogP contribution in [0.2, 0.25) is 0 Å². The van der Waals surface area contributed by atoms with Gasteiger partial charge >= 0.3 is 0 Å². The van der Waals surface area contributed by atoms with E-state index >= 15 is 0 Å². The van der Waals surface area contributed by atoms with Gasteiger partial charge in [0.25, 0.3) is 0 Å². The van der Waals surface area contributed by atoms with E-state index in [4.69, 9.17) is 9.47 Å². The van der Waals surface area contributed by atoms with E-state index in [1.165, 1.54) is 96.3 Å². The fourth-order valence-corrected chi connectivity index (χ4v) is 3.38. The molecule has 0 atom stereocenters. The monoisotopic (exact) mass is 384 g/mol. The van der Waals surface area contributed by atoms with E-state index in [2.05, 4.69) is 34.6 Å². The Hall–Kier alpha value is -0.0800. The van der Waals surface area contributed by atoms with Gasteiger partial charge < -0.3 is 9.47 Å². The largest absolute Gasteiger partial charge is 0.353 e. The third kappa shape index (κ3) is 22.1. The predicted octanol–water partition coefficient (Wildman–Crippen LogP) is 8.67. The summed E-state index contributed by atoms with van der Waals surface area (Å²) < 4.78 is 12.2. The standard InChI is InChI=1S/C25H52O2/c1-6-8-10-12-14-18-22-26-24(20-16-17-21-25(3,4)5)27-23-19-15-13-11-9-7-2/h24H,6-23H2,1-5H3. The van der Waals surface area contributed by atoms with Gasteiger partial charge in [-0.3, -0.25) is 0 Å². The molecule has 2 heteroatoms. The summed E-state index contributed by atoms with van der Waals surface area (Å²) in [4.78, 5) is 0. The van der Waals surface area contributed by atoms with Crippen LogP contribution < -0.4 is 0 Å². The van der Waals surface area contributed by atoms with Gasteiger partial charge in [0.2, 0.25) is 0 Å². The topological polar surface area (TPSA) is 18.5 Å². The highest BCUT2D eigenvalue weighted by Gasteiger charge is 2.12. The summed E-state index contributed by atoms with van der Waals surface area (Å²) in [5.74, 6) is 0. The first kappa shape index (κ1) is 26.9. The molecule has 0 N–H and O–H groups in total. The first-order chi connectivity index (χ1) is 13.0. The van der Waals surface area contributed by atoms with Crippen molar-refractivity contribution in [1.29, 1.82) is 0 Å². The molecule has 0 aromatic carbocycles. The van der Waals surface area contributed by atoms with Crippen molar-refractivity contribution in [2.45, 2.75) is 144 Å². The maximum atomic E-state index is 6.10. The third-order valence-corrected chi connectivity index (χ3v) is 5.22. The minimum atomic E-state index is 0.0243. The van der Waals surface area contributed by atoms with E-state index in [1.807, 2.05) is 0 Å². The van der Waals surface area contributed by atoms with E-state index in [9.17, 15) is 0 Å². The van der Waals surface area contributed by atoms with Crippen LogP contribution in [0.25, 0.3) is 0 Å². The summed E-state index contributed by atoms with van der Waals surface area (Å²) in [7, 11) is 0. The van der Waals surface area contributed by atoms with Crippen LogP contribution in [0.1, 0.15) is 137 Å². The molecule has 0 amide bonds. The minimum Gasteiger partial charge on any atom is -0.353 e. The molecule has 0 aliphatic carbocycles. The van der Waals surface area contributed by atoms with Gasteiger partial charge in [-0.05, 0) is 37.5 Å². The Balaban J connectivity index is 3.88. The van der Waals surface area contributed by atoms with Crippen molar-refractivity contribution in [1.82, 2.24) is 0 Å². The molecule has 0 fully saturated rings. The molecule has 0 aromatic heterocycles. The molecule has 27 heavy (non-hydrogen) atoms. The molecule has 0 spiro atoms. The fourth-order valence-electron chi connectivity index (χ4n) is 3.38. The lowest BCUT2D eigenvalue weighted by Gasteiger charge is -2.21. The molecule has 0 aromatic rings. The second-order valence-electron chi connectivity index (χ2n) is 9.51. The molecular formula is C25H52O2. The summed E-state index contributed by atoms with van der Waals surface area (Å²) in [5, 5.41) is 0. The van der Waals surface area contributed by atoms with E-state index in [-0.39, 0.29) is 6.29 Å². The molecule has 0 bridgehead atoms. The molecule has 2 nitrogen and oxygen atoms in total. The number of hydrogen-bond acceptors (Lipinski definition) is 2. The zero-order valence-corrected chi connectivity index (χ0v) is 19.6. The first-order valence-corrected chi connectivity index (χ1v) is 12.2. The van der Waals surface area contributed by atoms with Gasteiger partial charge in [-0.25, -0.2) is 0 Å². The van der Waals surface area contributed by atoms with Gasteiger partial charge in [-0.15, -0.1) is 0 Å². The normalized spacial score (nSPS) is 12.2. The number of rotatable bonds is 20. The SMILES string of the molecule is CCCCCCCCOC(CCCCC(C)(C)C)OCCCCCCCC. The lowest BCUT2D eigenvalue weighted by Crippen LogP contribution is -2.19. The Morgan fingerprint density at radius 3 is 1.44 bits per heavy atom. The van der Waals surface area contributed by atoms with Crippen LogP contribution in [0.15, 0.2) is 0 Å². The van der Waals surface area contributed by atoms with Gasteiger partial charge in [0.05, 0.1) is 0 Å². The second kappa shape index (κ2) is 19.2. The molecule has 0 rings (SSSR count). The summed E-state index contributed by atoms with van der Waals surface area (Å²) in [5.41, 5.74) is 0.439. The van der Waals surface area contributed by atoms with Crippen LogP contribution in [0.4, 0.5) is 0 Å². The molecule has 0 unspecified atom stereocenters. The van der Waals surface area contributed by atoms with Gasteiger partial charge in [-0.2, -0.15) is 0 Å². The van der Waals surface area contributed by atoms with Gasteiger partial charge in [0, 0.05) is 13.2 Å². The Kier molecular flexibility index (Phi) is 19.2. The van der Waals surface area contributed by atoms with Crippen LogP contribution in [0, 0.1) is 5.41 Å². The van der Waals surface area contributed by atoms with Crippen molar-refractivity contribution in [2.24, 2.45) is 5.41 Å². The van der Waals surface area contributed by atoms with Gasteiger partial charge in [-0.1, -0.05) is 105 Å². The number of hydrogen-bond donors (Lipinski definition) is 0. The highest BCUT2D eigenvalue weighted by molar-refractivity contribution is 4.61. The highest BCUT2D eigenvalue weighted by atomic mass is 16.7. The Morgan fingerprint density at radius 1 is 0.556 bits per heavy atom. The molecule has 0 aliphatic heterocycles. The Morgan fingerprint density at radius 2 is 1.00 bits per heavy atom. The lowest BCUT2D eigenvalue weighted by atomic mass is 9.89. The van der Waals surface area contributed by atoms with E-state index in [0.717, 1.165) is 19.6 Å². The third-order valence-electron chi connectivity index (χ3n) is 5.22. The molecule has 0 aliphatic rings. The average Bonchev–Trinajstić information content (AvgIpc) is 2.62. The smallest absolute Gasteiger partial charge is 0.157 e. The van der Waals surface area contributed by atoms with Crippen LogP contribution >= 0.6 is 0 Å². The van der Waals surface area contributed by atoms with Gasteiger partial charge in [0.1, 0.15) is 0 Å². The van der Waals surface area contributed by atoms with E-state index < -0.39 is 0 Å². The molecule has 0 radical (unpaired) electrons. The van der Waals surface area contributed by atoms with Gasteiger partial charge in [0.15, 0.2) is 6.29 Å². The number of unbranched alkanes of at least 4 members (excludes halogenated alkanes) is 11.